The third kappa shape index (κ3) is 2.76. The molecule has 0 radical (unpaired) electrons. The molecule has 0 spiro atoms. The molecule has 7 heteroatoms. The maximum absolute atomic E-state index is 13.2. The lowest BCUT2D eigenvalue weighted by Gasteiger charge is -2.13. The van der Waals surface area contributed by atoms with Crippen molar-refractivity contribution in [1.29, 1.82) is 15.8 Å². The zero-order valence-electron chi connectivity index (χ0n) is 14.6. The number of hydrogen-bond acceptors (Lipinski definition) is 3. The number of rotatable bonds is 1. The molecule has 0 saturated carbocycles. The average Bonchev–Trinajstić information content (AvgIpc) is 3.05. The van der Waals surface area contributed by atoms with Gasteiger partial charge in [-0.25, -0.2) is 0 Å². The van der Waals surface area contributed by atoms with E-state index in [-0.39, 0.29) is 22.4 Å². The summed E-state index contributed by atoms with van der Waals surface area (Å²) < 4.78 is 41.3. The first kappa shape index (κ1) is 18.1. The molecular formula is C22H9F3N4. The van der Waals surface area contributed by atoms with Crippen LogP contribution in [-0.2, 0) is 6.18 Å². The van der Waals surface area contributed by atoms with Gasteiger partial charge in [0.25, 0.3) is 0 Å². The summed E-state index contributed by atoms with van der Waals surface area (Å²) in [6, 6.07) is 18.8. The van der Waals surface area contributed by atoms with Crippen molar-refractivity contribution in [1.82, 2.24) is 4.57 Å². The Kier molecular flexibility index (Phi) is 4.00. The number of nitriles is 3. The summed E-state index contributed by atoms with van der Waals surface area (Å²) in [5.41, 5.74) is 0.762. The van der Waals surface area contributed by atoms with E-state index in [0.29, 0.717) is 21.8 Å². The molecule has 0 N–H and O–H groups in total. The first-order valence-electron chi connectivity index (χ1n) is 8.38. The summed E-state index contributed by atoms with van der Waals surface area (Å²) in [4.78, 5) is 0. The van der Waals surface area contributed by atoms with Gasteiger partial charge in [-0.05, 0) is 36.4 Å². The van der Waals surface area contributed by atoms with Gasteiger partial charge < -0.3 is 4.57 Å². The van der Waals surface area contributed by atoms with Crippen LogP contribution in [0, 0.1) is 34.0 Å². The van der Waals surface area contributed by atoms with Crippen molar-refractivity contribution < 1.29 is 13.2 Å². The molecule has 0 aliphatic carbocycles. The molecule has 0 unspecified atom stereocenters. The Morgan fingerprint density at radius 2 is 1.34 bits per heavy atom. The quantitative estimate of drug-likeness (QED) is 0.438. The summed E-state index contributed by atoms with van der Waals surface area (Å²) in [6.45, 7) is 0. The highest BCUT2D eigenvalue weighted by Crippen LogP contribution is 2.38. The Hall–Kier alpha value is -4.28. The van der Waals surface area contributed by atoms with Crippen LogP contribution in [0.1, 0.15) is 22.3 Å². The van der Waals surface area contributed by atoms with Gasteiger partial charge in [-0.15, -0.1) is 0 Å². The Labute approximate surface area is 162 Å². The third-order valence-electron chi connectivity index (χ3n) is 4.70. The van der Waals surface area contributed by atoms with E-state index in [1.165, 1.54) is 18.2 Å². The van der Waals surface area contributed by atoms with Gasteiger partial charge in [-0.2, -0.15) is 29.0 Å². The van der Waals surface area contributed by atoms with Gasteiger partial charge >= 0.3 is 6.18 Å². The number of para-hydroxylation sites is 1. The molecule has 0 aliphatic rings. The fourth-order valence-corrected chi connectivity index (χ4v) is 3.50. The van der Waals surface area contributed by atoms with Crippen LogP contribution in [0.3, 0.4) is 0 Å². The molecule has 3 aromatic carbocycles. The first-order chi connectivity index (χ1) is 13.9. The van der Waals surface area contributed by atoms with Crippen LogP contribution in [-0.4, -0.2) is 4.57 Å². The Morgan fingerprint density at radius 1 is 0.724 bits per heavy atom. The molecular weight excluding hydrogens is 377 g/mol. The molecule has 4 rings (SSSR count). The largest absolute Gasteiger partial charge is 0.416 e. The summed E-state index contributed by atoms with van der Waals surface area (Å²) in [5, 5.41) is 29.3. The first-order valence-corrected chi connectivity index (χ1v) is 8.38. The van der Waals surface area contributed by atoms with Crippen molar-refractivity contribution in [2.75, 3.05) is 0 Å². The van der Waals surface area contributed by atoms with Gasteiger partial charge in [0, 0.05) is 10.8 Å². The molecule has 0 aliphatic heterocycles. The summed E-state index contributed by atoms with van der Waals surface area (Å²) in [5.74, 6) is 0. The molecule has 1 aromatic heterocycles. The molecule has 0 fully saturated rings. The van der Waals surface area contributed by atoms with E-state index in [1.807, 2.05) is 18.2 Å². The second kappa shape index (κ2) is 6.41. The zero-order chi connectivity index (χ0) is 20.8. The van der Waals surface area contributed by atoms with Gasteiger partial charge in [0.2, 0.25) is 0 Å². The summed E-state index contributed by atoms with van der Waals surface area (Å²) >= 11 is 0. The van der Waals surface area contributed by atoms with E-state index in [9.17, 15) is 23.7 Å². The van der Waals surface area contributed by atoms with Gasteiger partial charge in [-0.1, -0.05) is 18.2 Å². The highest BCUT2D eigenvalue weighted by atomic mass is 19.4. The van der Waals surface area contributed by atoms with Crippen LogP contribution in [0.5, 0.6) is 0 Å². The second-order valence-electron chi connectivity index (χ2n) is 6.34. The minimum Gasteiger partial charge on any atom is -0.307 e. The number of alkyl halides is 3. The molecule has 0 amide bonds. The Balaban J connectivity index is 2.20. The van der Waals surface area contributed by atoms with Crippen LogP contribution in [0.15, 0.2) is 54.6 Å². The van der Waals surface area contributed by atoms with E-state index in [4.69, 9.17) is 5.26 Å². The molecule has 0 atom stereocenters. The van der Waals surface area contributed by atoms with Crippen LogP contribution in [0.2, 0.25) is 0 Å². The van der Waals surface area contributed by atoms with E-state index >= 15 is 0 Å². The molecule has 1 heterocycles. The van der Waals surface area contributed by atoms with Gasteiger partial charge in [0.1, 0.15) is 12.1 Å². The molecule has 29 heavy (non-hydrogen) atoms. The number of nitrogens with zero attached hydrogens (tertiary/aromatic N) is 4. The number of aromatic nitrogens is 1. The van der Waals surface area contributed by atoms with Gasteiger partial charge in [0.15, 0.2) is 0 Å². The van der Waals surface area contributed by atoms with Crippen molar-refractivity contribution in [3.05, 3.63) is 76.9 Å². The minimum atomic E-state index is -4.50. The van der Waals surface area contributed by atoms with E-state index in [2.05, 4.69) is 0 Å². The monoisotopic (exact) mass is 386 g/mol. The number of benzene rings is 3. The highest BCUT2D eigenvalue weighted by Gasteiger charge is 2.31. The Morgan fingerprint density at radius 3 is 1.93 bits per heavy atom. The van der Waals surface area contributed by atoms with Crippen molar-refractivity contribution in [3.63, 3.8) is 0 Å². The van der Waals surface area contributed by atoms with Crippen molar-refractivity contribution in [3.8, 4) is 23.9 Å². The molecule has 4 nitrogen and oxygen atoms in total. The van der Waals surface area contributed by atoms with Crippen molar-refractivity contribution >= 4 is 21.8 Å². The van der Waals surface area contributed by atoms with Crippen molar-refractivity contribution in [2.45, 2.75) is 6.18 Å². The van der Waals surface area contributed by atoms with E-state index in [0.717, 1.165) is 12.1 Å². The number of halogens is 3. The average molecular weight is 386 g/mol. The summed E-state index contributed by atoms with van der Waals surface area (Å²) in [7, 11) is 0. The van der Waals surface area contributed by atoms with Crippen LogP contribution in [0.25, 0.3) is 27.5 Å². The normalized spacial score (nSPS) is 11.2. The van der Waals surface area contributed by atoms with Crippen LogP contribution >= 0.6 is 0 Å². The second-order valence-corrected chi connectivity index (χ2v) is 6.34. The maximum Gasteiger partial charge on any atom is 0.416 e. The SMILES string of the molecule is N#Cc1cc(C#N)c(-n2c3ccccc3c3cc(C(F)(F)F)ccc32)c(C#N)c1. The predicted molar refractivity (Wildman–Crippen MR) is 99.9 cm³/mol. The smallest absolute Gasteiger partial charge is 0.307 e. The maximum atomic E-state index is 13.2. The van der Waals surface area contributed by atoms with E-state index < -0.39 is 11.7 Å². The van der Waals surface area contributed by atoms with Crippen LogP contribution in [0.4, 0.5) is 13.2 Å². The number of hydrogen-bond donors (Lipinski definition) is 0. The van der Waals surface area contributed by atoms with Crippen molar-refractivity contribution in [2.24, 2.45) is 0 Å². The fraction of sp³-hybridized carbons (Fsp3) is 0.0455. The van der Waals surface area contributed by atoms with E-state index in [1.54, 1.807) is 28.8 Å². The minimum absolute atomic E-state index is 0.0863. The zero-order valence-corrected chi connectivity index (χ0v) is 14.6. The Bertz CT molecular complexity index is 1390. The molecule has 138 valence electrons. The number of fused-ring (bicyclic) bond motifs is 3. The lowest BCUT2D eigenvalue weighted by molar-refractivity contribution is -0.137. The molecule has 4 aromatic rings. The summed E-state index contributed by atoms with van der Waals surface area (Å²) in [6.07, 6.45) is -4.50. The highest BCUT2D eigenvalue weighted by molar-refractivity contribution is 6.09. The molecule has 0 saturated heterocycles. The van der Waals surface area contributed by atoms with Gasteiger partial charge in [0.05, 0.1) is 45.0 Å². The third-order valence-corrected chi connectivity index (χ3v) is 4.70. The lowest BCUT2D eigenvalue weighted by atomic mass is 10.0. The molecule has 0 bridgehead atoms. The lowest BCUT2D eigenvalue weighted by Crippen LogP contribution is -2.05. The van der Waals surface area contributed by atoms with Gasteiger partial charge in [-0.3, -0.25) is 0 Å². The topological polar surface area (TPSA) is 76.3 Å². The standard InChI is InChI=1S/C22H9F3N4/c23-22(24,25)16-5-6-20-18(9-16)17-3-1-2-4-19(17)29(20)21-14(11-27)7-13(10-26)8-15(21)12-28/h1-9H. The fourth-order valence-electron chi connectivity index (χ4n) is 3.50. The predicted octanol–water partition coefficient (Wildman–Crippen LogP) is 5.42. The van der Waals surface area contributed by atoms with Crippen LogP contribution < -0.4 is 0 Å².